The summed E-state index contributed by atoms with van der Waals surface area (Å²) in [7, 11) is 0. The van der Waals surface area contributed by atoms with Crippen LogP contribution in [0.25, 0.3) is 0 Å². The number of aromatic nitrogens is 2. The molecule has 31 heavy (non-hydrogen) atoms. The predicted molar refractivity (Wildman–Crippen MR) is 116 cm³/mol. The minimum absolute atomic E-state index is 0.0523. The smallest absolute Gasteiger partial charge is 0.306 e. The zero-order chi connectivity index (χ0) is 22.4. The molecule has 2 aromatic rings. The van der Waals surface area contributed by atoms with Gasteiger partial charge in [0, 0.05) is 49.6 Å². The van der Waals surface area contributed by atoms with Crippen molar-refractivity contribution in [2.45, 2.75) is 52.0 Å². The molecule has 0 saturated carbocycles. The number of unbranched alkanes of at least 4 members (excludes halogenated alkanes) is 1. The van der Waals surface area contributed by atoms with Crippen LogP contribution in [0.5, 0.6) is 0 Å². The number of nitrogens with one attached hydrogen (secondary N) is 2. The second-order valence-electron chi connectivity index (χ2n) is 7.68. The van der Waals surface area contributed by atoms with Gasteiger partial charge in [-0.3, -0.25) is 14.9 Å². The van der Waals surface area contributed by atoms with Gasteiger partial charge in [0.2, 0.25) is 17.7 Å². The number of anilines is 3. The Hall–Kier alpha value is -3.30. The lowest BCUT2D eigenvalue weighted by Gasteiger charge is -2.34. The highest BCUT2D eigenvalue weighted by Crippen LogP contribution is 2.26. The van der Waals surface area contributed by atoms with Gasteiger partial charge in [0.05, 0.1) is 4.92 Å². The molecule has 1 aliphatic rings. The number of benzene rings is 1. The van der Waals surface area contributed by atoms with Crippen molar-refractivity contribution in [2.75, 3.05) is 23.3 Å². The maximum atomic E-state index is 13.7. The van der Waals surface area contributed by atoms with Gasteiger partial charge in [-0.1, -0.05) is 13.3 Å². The Balaban J connectivity index is 1.87. The fourth-order valence-electron chi connectivity index (χ4n) is 3.64. The number of piperidine rings is 1. The van der Waals surface area contributed by atoms with Gasteiger partial charge in [-0.05, 0) is 37.8 Å². The topological polar surface area (TPSA) is 113 Å². The maximum Gasteiger partial charge on any atom is 0.306 e. The van der Waals surface area contributed by atoms with E-state index in [1.165, 1.54) is 13.0 Å². The van der Waals surface area contributed by atoms with Crippen molar-refractivity contribution in [1.29, 1.82) is 0 Å². The number of rotatable bonds is 8. The number of amides is 1. The van der Waals surface area contributed by atoms with Crippen LogP contribution in [-0.4, -0.2) is 39.9 Å². The van der Waals surface area contributed by atoms with Gasteiger partial charge in [0.1, 0.15) is 5.82 Å². The molecule has 166 valence electrons. The lowest BCUT2D eigenvalue weighted by Crippen LogP contribution is -2.47. The van der Waals surface area contributed by atoms with Gasteiger partial charge in [-0.2, -0.15) is 9.37 Å². The van der Waals surface area contributed by atoms with E-state index < -0.39 is 16.4 Å². The molecule has 1 aromatic heterocycles. The van der Waals surface area contributed by atoms with E-state index in [1.807, 2.05) is 6.07 Å². The van der Waals surface area contributed by atoms with Gasteiger partial charge in [-0.15, -0.1) is 0 Å². The molecule has 1 unspecified atom stereocenters. The van der Waals surface area contributed by atoms with Gasteiger partial charge < -0.3 is 15.5 Å². The molecule has 3 rings (SSSR count). The van der Waals surface area contributed by atoms with Crippen LogP contribution in [0.3, 0.4) is 0 Å². The Bertz CT molecular complexity index is 955. The third-order valence-electron chi connectivity index (χ3n) is 5.10. The minimum Gasteiger partial charge on any atom is -0.354 e. The van der Waals surface area contributed by atoms with E-state index >= 15 is 0 Å². The zero-order valence-electron chi connectivity index (χ0n) is 17.7. The Morgan fingerprint density at radius 2 is 2.16 bits per heavy atom. The average molecular weight is 430 g/mol. The molecule has 1 saturated heterocycles. The predicted octanol–water partition coefficient (Wildman–Crippen LogP) is 3.72. The summed E-state index contributed by atoms with van der Waals surface area (Å²) < 4.78 is 13.7. The summed E-state index contributed by atoms with van der Waals surface area (Å²) in [6.07, 6.45) is 4.58. The quantitative estimate of drug-likeness (QED) is 0.485. The number of hydrogen-bond acceptors (Lipinski definition) is 7. The molecule has 1 atom stereocenters. The van der Waals surface area contributed by atoms with Crippen molar-refractivity contribution in [3.8, 4) is 0 Å². The van der Waals surface area contributed by atoms with Crippen LogP contribution in [0, 0.1) is 15.9 Å². The Kier molecular flexibility index (Phi) is 7.32. The molecule has 0 aliphatic carbocycles. The lowest BCUT2D eigenvalue weighted by atomic mass is 10.1. The van der Waals surface area contributed by atoms with Crippen LogP contribution >= 0.6 is 0 Å². The molecule has 1 aliphatic heterocycles. The van der Waals surface area contributed by atoms with E-state index in [4.69, 9.17) is 0 Å². The van der Waals surface area contributed by atoms with Crippen LogP contribution in [0.2, 0.25) is 0 Å². The van der Waals surface area contributed by atoms with E-state index in [1.54, 1.807) is 0 Å². The monoisotopic (exact) mass is 430 g/mol. The maximum absolute atomic E-state index is 13.7. The van der Waals surface area contributed by atoms with Crippen molar-refractivity contribution < 1.29 is 14.1 Å². The Labute approximate surface area is 180 Å². The number of halogens is 1. The summed E-state index contributed by atoms with van der Waals surface area (Å²) in [5, 5.41) is 17.0. The second kappa shape index (κ2) is 10.1. The second-order valence-corrected chi connectivity index (χ2v) is 7.68. The third-order valence-corrected chi connectivity index (χ3v) is 5.10. The van der Waals surface area contributed by atoms with E-state index in [2.05, 4.69) is 32.4 Å². The largest absolute Gasteiger partial charge is 0.354 e. The molecular weight excluding hydrogens is 403 g/mol. The minimum atomic E-state index is -0.897. The van der Waals surface area contributed by atoms with Gasteiger partial charge in [-0.25, -0.2) is 4.98 Å². The van der Waals surface area contributed by atoms with Crippen molar-refractivity contribution in [3.63, 3.8) is 0 Å². The molecule has 1 fully saturated rings. The molecule has 0 spiro atoms. The summed E-state index contributed by atoms with van der Waals surface area (Å²) in [6, 6.07) is 5.59. The normalized spacial score (nSPS) is 16.1. The summed E-state index contributed by atoms with van der Waals surface area (Å²) in [4.78, 5) is 33.0. The highest BCUT2D eigenvalue weighted by molar-refractivity contribution is 5.73. The first-order valence-corrected chi connectivity index (χ1v) is 10.5. The van der Waals surface area contributed by atoms with Crippen molar-refractivity contribution in [2.24, 2.45) is 0 Å². The Morgan fingerprint density at radius 1 is 1.35 bits per heavy atom. The third kappa shape index (κ3) is 6.09. The first-order chi connectivity index (χ1) is 14.9. The zero-order valence-corrected chi connectivity index (χ0v) is 17.7. The highest BCUT2D eigenvalue weighted by atomic mass is 19.1. The molecule has 2 heterocycles. The van der Waals surface area contributed by atoms with Crippen LogP contribution in [0.1, 0.15) is 45.2 Å². The number of carbonyl (C=O) groups excluding carboxylic acids is 1. The number of nitro groups is 1. The fraction of sp³-hybridized carbons (Fsp3) is 0.476. The summed E-state index contributed by atoms with van der Waals surface area (Å²) in [5.74, 6) is 0.0750. The Morgan fingerprint density at radius 3 is 2.87 bits per heavy atom. The molecule has 0 bridgehead atoms. The molecule has 0 radical (unpaired) electrons. The van der Waals surface area contributed by atoms with E-state index in [0.717, 1.165) is 62.3 Å². The number of carbonyl (C=O) groups is 1. The van der Waals surface area contributed by atoms with Crippen LogP contribution in [-0.2, 0) is 11.2 Å². The number of aryl methyl sites for hydroxylation is 1. The average Bonchev–Trinajstić information content (AvgIpc) is 2.73. The van der Waals surface area contributed by atoms with Crippen molar-refractivity contribution in [1.82, 2.24) is 15.3 Å². The molecule has 10 heteroatoms. The molecule has 2 N–H and O–H groups in total. The molecular formula is C21H27FN6O3. The van der Waals surface area contributed by atoms with Crippen LogP contribution < -0.4 is 15.5 Å². The fourth-order valence-corrected chi connectivity index (χ4v) is 3.64. The van der Waals surface area contributed by atoms with Crippen molar-refractivity contribution >= 4 is 29.0 Å². The van der Waals surface area contributed by atoms with Crippen LogP contribution in [0.15, 0.2) is 24.3 Å². The summed E-state index contributed by atoms with van der Waals surface area (Å²) in [6.45, 7) is 5.06. The first kappa shape index (κ1) is 22.4. The first-order valence-electron chi connectivity index (χ1n) is 10.5. The van der Waals surface area contributed by atoms with E-state index in [9.17, 15) is 19.3 Å². The molecule has 9 nitrogen and oxygen atoms in total. The standard InChI is InChI=1S/C21H27FN6O3/c1-3-4-6-15-12-20(27-10-5-7-17(13-27)23-14(2)29)26-21(24-15)25-16-8-9-18(22)19(11-16)28(30)31/h8-9,11-12,17H,3-7,10,13H2,1-2H3,(H,23,29)(H,24,25,26). The summed E-state index contributed by atoms with van der Waals surface area (Å²) in [5.41, 5.74) is 0.579. The van der Waals surface area contributed by atoms with Gasteiger partial charge in [0.25, 0.3) is 0 Å². The number of hydrogen-bond donors (Lipinski definition) is 2. The number of nitro benzene ring substituents is 1. The highest BCUT2D eigenvalue weighted by Gasteiger charge is 2.23. The molecule has 1 aromatic carbocycles. The van der Waals surface area contributed by atoms with E-state index in [-0.39, 0.29) is 11.9 Å². The number of nitrogens with zero attached hydrogens (tertiary/aromatic N) is 4. The summed E-state index contributed by atoms with van der Waals surface area (Å²) >= 11 is 0. The van der Waals surface area contributed by atoms with E-state index in [0.29, 0.717) is 18.2 Å². The van der Waals surface area contributed by atoms with Gasteiger partial charge >= 0.3 is 5.69 Å². The lowest BCUT2D eigenvalue weighted by molar-refractivity contribution is -0.387. The van der Waals surface area contributed by atoms with Crippen LogP contribution in [0.4, 0.5) is 27.5 Å². The van der Waals surface area contributed by atoms with Crippen molar-refractivity contribution in [3.05, 3.63) is 45.9 Å². The van der Waals surface area contributed by atoms with Gasteiger partial charge in [0.15, 0.2) is 0 Å². The SMILES string of the molecule is CCCCc1cc(N2CCCC(NC(C)=O)C2)nc(Nc2ccc(F)c([N+](=O)[O-])c2)n1. The molecule has 1 amide bonds.